The molecule has 164 valence electrons. The normalized spacial score (nSPS) is 11.2. The SMILES string of the molecule is Cc1ccc2c(c1)c1cc(C)c(-c3cccc(Oc4ccccn4)c3)cc1n2-c1ccccn1. The Balaban J connectivity index is 1.56. The monoisotopic (exact) mass is 441 g/mol. The van der Waals surface area contributed by atoms with Crippen LogP contribution in [0.4, 0.5) is 0 Å². The van der Waals surface area contributed by atoms with Gasteiger partial charge in [0.1, 0.15) is 11.6 Å². The number of fused-ring (bicyclic) bond motifs is 3. The van der Waals surface area contributed by atoms with Crippen LogP contribution in [0.5, 0.6) is 11.6 Å². The Kier molecular flexibility index (Phi) is 4.84. The van der Waals surface area contributed by atoms with Crippen LogP contribution in [0.3, 0.4) is 0 Å². The standard InChI is InChI=1S/C30H23N3O/c1-20-12-13-27-25(16-20)26-17-21(2)24(19-28(26)33(27)29-10-3-5-14-31-29)22-8-7-9-23(18-22)34-30-11-4-6-15-32-30/h3-19H,1-2H3. The summed E-state index contributed by atoms with van der Waals surface area (Å²) < 4.78 is 8.25. The molecule has 34 heavy (non-hydrogen) atoms. The zero-order valence-electron chi connectivity index (χ0n) is 19.1. The molecule has 0 aliphatic rings. The third kappa shape index (κ3) is 3.50. The minimum atomic E-state index is 0.581. The number of ether oxygens (including phenoxy) is 1. The van der Waals surface area contributed by atoms with Gasteiger partial charge in [-0.1, -0.05) is 35.9 Å². The zero-order chi connectivity index (χ0) is 23.1. The van der Waals surface area contributed by atoms with Gasteiger partial charge < -0.3 is 4.74 Å². The van der Waals surface area contributed by atoms with E-state index in [-0.39, 0.29) is 0 Å². The Bertz CT molecular complexity index is 1640. The zero-order valence-corrected chi connectivity index (χ0v) is 19.1. The highest BCUT2D eigenvalue weighted by Gasteiger charge is 2.16. The molecule has 4 nitrogen and oxygen atoms in total. The Morgan fingerprint density at radius 1 is 0.676 bits per heavy atom. The minimum Gasteiger partial charge on any atom is -0.439 e. The summed E-state index contributed by atoms with van der Waals surface area (Å²) in [6, 6.07) is 31.0. The van der Waals surface area contributed by atoms with Gasteiger partial charge in [-0.2, -0.15) is 0 Å². The van der Waals surface area contributed by atoms with Gasteiger partial charge in [-0.3, -0.25) is 4.57 Å². The lowest BCUT2D eigenvalue weighted by molar-refractivity contribution is 0.463. The fraction of sp³-hybridized carbons (Fsp3) is 0.0667. The van der Waals surface area contributed by atoms with E-state index in [0.29, 0.717) is 5.88 Å². The lowest BCUT2D eigenvalue weighted by Crippen LogP contribution is -1.97. The van der Waals surface area contributed by atoms with Crippen molar-refractivity contribution in [2.24, 2.45) is 0 Å². The Morgan fingerprint density at radius 3 is 2.29 bits per heavy atom. The van der Waals surface area contributed by atoms with Crippen molar-refractivity contribution in [1.29, 1.82) is 0 Å². The second-order valence-corrected chi connectivity index (χ2v) is 8.53. The first-order chi connectivity index (χ1) is 16.7. The van der Waals surface area contributed by atoms with E-state index in [9.17, 15) is 0 Å². The third-order valence-corrected chi connectivity index (χ3v) is 6.15. The maximum atomic E-state index is 6.00. The van der Waals surface area contributed by atoms with Crippen molar-refractivity contribution in [3.8, 4) is 28.6 Å². The number of rotatable bonds is 4. The van der Waals surface area contributed by atoms with Crippen LogP contribution in [0.1, 0.15) is 11.1 Å². The maximum Gasteiger partial charge on any atom is 0.219 e. The van der Waals surface area contributed by atoms with Gasteiger partial charge in [-0.15, -0.1) is 0 Å². The third-order valence-electron chi connectivity index (χ3n) is 6.15. The largest absolute Gasteiger partial charge is 0.439 e. The van der Waals surface area contributed by atoms with Crippen molar-refractivity contribution in [3.05, 3.63) is 115 Å². The van der Waals surface area contributed by atoms with Crippen LogP contribution in [-0.2, 0) is 0 Å². The van der Waals surface area contributed by atoms with Crippen LogP contribution in [-0.4, -0.2) is 14.5 Å². The predicted octanol–water partition coefficient (Wildman–Crippen LogP) is 7.65. The average Bonchev–Trinajstić information content (AvgIpc) is 3.17. The van der Waals surface area contributed by atoms with Gasteiger partial charge in [0, 0.05) is 29.2 Å². The molecule has 0 radical (unpaired) electrons. The summed E-state index contributed by atoms with van der Waals surface area (Å²) in [7, 11) is 0. The molecule has 0 fully saturated rings. The van der Waals surface area contributed by atoms with Gasteiger partial charge in [-0.25, -0.2) is 9.97 Å². The van der Waals surface area contributed by atoms with E-state index in [1.165, 1.54) is 21.9 Å². The summed E-state index contributed by atoms with van der Waals surface area (Å²) in [6.07, 6.45) is 3.57. The Hall–Kier alpha value is -4.44. The fourth-order valence-corrected chi connectivity index (χ4v) is 4.59. The summed E-state index contributed by atoms with van der Waals surface area (Å²) >= 11 is 0. The summed E-state index contributed by atoms with van der Waals surface area (Å²) in [6.45, 7) is 4.30. The highest BCUT2D eigenvalue weighted by atomic mass is 16.5. The molecule has 0 aliphatic heterocycles. The molecule has 4 heteroatoms. The first-order valence-corrected chi connectivity index (χ1v) is 11.3. The molecule has 6 rings (SSSR count). The lowest BCUT2D eigenvalue weighted by Gasteiger charge is -2.11. The van der Waals surface area contributed by atoms with E-state index in [0.717, 1.165) is 33.7 Å². The molecule has 3 aromatic heterocycles. The molecule has 3 aromatic carbocycles. The van der Waals surface area contributed by atoms with E-state index in [2.05, 4.69) is 76.9 Å². The van der Waals surface area contributed by atoms with Gasteiger partial charge in [0.15, 0.2) is 0 Å². The Labute approximate surface area is 198 Å². The van der Waals surface area contributed by atoms with Crippen molar-refractivity contribution >= 4 is 21.8 Å². The summed E-state index contributed by atoms with van der Waals surface area (Å²) in [5, 5.41) is 2.47. The second kappa shape index (κ2) is 8.16. The van der Waals surface area contributed by atoms with Crippen LogP contribution in [0.2, 0.25) is 0 Å². The highest BCUT2D eigenvalue weighted by molar-refractivity contribution is 6.10. The van der Waals surface area contributed by atoms with Crippen LogP contribution >= 0.6 is 0 Å². The molecule has 0 amide bonds. The van der Waals surface area contributed by atoms with Gasteiger partial charge in [-0.05, 0) is 85.1 Å². The number of nitrogens with zero attached hydrogens (tertiary/aromatic N) is 3. The maximum absolute atomic E-state index is 6.00. The molecular formula is C30H23N3O. The molecule has 0 unspecified atom stereocenters. The van der Waals surface area contributed by atoms with E-state index in [1.54, 1.807) is 6.20 Å². The summed E-state index contributed by atoms with van der Waals surface area (Å²) in [4.78, 5) is 8.94. The number of aryl methyl sites for hydroxylation is 2. The highest BCUT2D eigenvalue weighted by Crippen LogP contribution is 2.37. The van der Waals surface area contributed by atoms with Gasteiger partial charge in [0.25, 0.3) is 0 Å². The first kappa shape index (κ1) is 20.2. The Morgan fingerprint density at radius 2 is 1.50 bits per heavy atom. The molecule has 0 atom stereocenters. The quantitative estimate of drug-likeness (QED) is 0.282. The van der Waals surface area contributed by atoms with Crippen molar-refractivity contribution in [3.63, 3.8) is 0 Å². The predicted molar refractivity (Wildman–Crippen MR) is 138 cm³/mol. The van der Waals surface area contributed by atoms with Crippen molar-refractivity contribution < 1.29 is 4.74 Å². The van der Waals surface area contributed by atoms with Crippen LogP contribution in [0.25, 0.3) is 38.8 Å². The summed E-state index contributed by atoms with van der Waals surface area (Å²) in [5.41, 5.74) is 7.01. The summed E-state index contributed by atoms with van der Waals surface area (Å²) in [5.74, 6) is 2.25. The van der Waals surface area contributed by atoms with Crippen molar-refractivity contribution in [2.45, 2.75) is 13.8 Å². The number of hydrogen-bond acceptors (Lipinski definition) is 3. The first-order valence-electron chi connectivity index (χ1n) is 11.3. The molecule has 6 aromatic rings. The van der Waals surface area contributed by atoms with E-state index in [1.807, 2.05) is 48.7 Å². The molecule has 0 bridgehead atoms. The van der Waals surface area contributed by atoms with Gasteiger partial charge >= 0.3 is 0 Å². The topological polar surface area (TPSA) is 39.9 Å². The second-order valence-electron chi connectivity index (χ2n) is 8.53. The lowest BCUT2D eigenvalue weighted by atomic mass is 9.97. The fourth-order valence-electron chi connectivity index (χ4n) is 4.59. The van der Waals surface area contributed by atoms with Gasteiger partial charge in [0.05, 0.1) is 11.0 Å². The molecule has 3 heterocycles. The van der Waals surface area contributed by atoms with Crippen LogP contribution in [0.15, 0.2) is 103 Å². The molecular weight excluding hydrogens is 418 g/mol. The van der Waals surface area contributed by atoms with E-state index < -0.39 is 0 Å². The number of hydrogen-bond donors (Lipinski definition) is 0. The van der Waals surface area contributed by atoms with Crippen LogP contribution < -0.4 is 4.74 Å². The number of aromatic nitrogens is 3. The molecule has 0 saturated carbocycles. The number of benzene rings is 3. The van der Waals surface area contributed by atoms with Crippen LogP contribution in [0, 0.1) is 13.8 Å². The van der Waals surface area contributed by atoms with Crippen molar-refractivity contribution in [2.75, 3.05) is 0 Å². The molecule has 0 aliphatic carbocycles. The smallest absolute Gasteiger partial charge is 0.219 e. The molecule has 0 saturated heterocycles. The minimum absolute atomic E-state index is 0.581. The molecule has 0 N–H and O–H groups in total. The molecule has 0 spiro atoms. The number of pyridine rings is 2. The van der Waals surface area contributed by atoms with Gasteiger partial charge in [0.2, 0.25) is 5.88 Å². The van der Waals surface area contributed by atoms with Crippen molar-refractivity contribution in [1.82, 2.24) is 14.5 Å². The van der Waals surface area contributed by atoms with E-state index >= 15 is 0 Å². The average molecular weight is 442 g/mol. The van der Waals surface area contributed by atoms with E-state index in [4.69, 9.17) is 4.74 Å².